The second-order valence-corrected chi connectivity index (χ2v) is 7.27. The van der Waals surface area contributed by atoms with E-state index in [-0.39, 0.29) is 18.6 Å². The van der Waals surface area contributed by atoms with Crippen molar-refractivity contribution < 1.29 is 9.53 Å². The maximum Gasteiger partial charge on any atom is 0.258 e. The van der Waals surface area contributed by atoms with Gasteiger partial charge < -0.3 is 10.1 Å². The predicted molar refractivity (Wildman–Crippen MR) is 112 cm³/mol. The zero-order chi connectivity index (χ0) is 19.2. The van der Waals surface area contributed by atoms with Gasteiger partial charge in [0.2, 0.25) is 0 Å². The average molecular weight is 374 g/mol. The Morgan fingerprint density at radius 1 is 0.929 bits per heavy atom. The molecule has 1 fully saturated rings. The molecule has 0 bridgehead atoms. The third kappa shape index (κ3) is 4.52. The molecule has 1 aliphatic rings. The first kappa shape index (κ1) is 18.5. The van der Waals surface area contributed by atoms with E-state index in [1.54, 1.807) is 0 Å². The Hall–Kier alpha value is -2.85. The first-order valence-electron chi connectivity index (χ1n) is 9.97. The molecule has 1 aliphatic heterocycles. The Kier molecular flexibility index (Phi) is 5.88. The second-order valence-electron chi connectivity index (χ2n) is 7.27. The highest BCUT2D eigenvalue weighted by Gasteiger charge is 2.23. The van der Waals surface area contributed by atoms with Crippen LogP contribution < -0.4 is 10.1 Å². The zero-order valence-corrected chi connectivity index (χ0v) is 16.0. The number of nitrogens with zero attached hydrogens (tertiary/aromatic N) is 1. The number of likely N-dealkylation sites (tertiary alicyclic amines) is 1. The SMILES string of the molecule is O=C(COc1ccc2ccccc2c1)NC[C@@H](c1ccccc1)N1CCCC1. The summed E-state index contributed by atoms with van der Waals surface area (Å²) < 4.78 is 5.71. The van der Waals surface area contributed by atoms with Crippen molar-refractivity contribution in [2.75, 3.05) is 26.2 Å². The van der Waals surface area contributed by atoms with E-state index in [1.165, 1.54) is 18.4 Å². The van der Waals surface area contributed by atoms with Gasteiger partial charge in [-0.25, -0.2) is 0 Å². The topological polar surface area (TPSA) is 41.6 Å². The molecule has 4 rings (SSSR count). The molecule has 1 amide bonds. The van der Waals surface area contributed by atoms with Crippen LogP contribution in [0.4, 0.5) is 0 Å². The van der Waals surface area contributed by atoms with Crippen molar-refractivity contribution in [2.24, 2.45) is 0 Å². The van der Waals surface area contributed by atoms with Crippen molar-refractivity contribution in [2.45, 2.75) is 18.9 Å². The van der Waals surface area contributed by atoms with Gasteiger partial charge in [0.05, 0.1) is 6.04 Å². The van der Waals surface area contributed by atoms with Gasteiger partial charge in [-0.15, -0.1) is 0 Å². The van der Waals surface area contributed by atoms with E-state index in [9.17, 15) is 4.79 Å². The van der Waals surface area contributed by atoms with E-state index >= 15 is 0 Å². The van der Waals surface area contributed by atoms with Crippen molar-refractivity contribution >= 4 is 16.7 Å². The Balaban J connectivity index is 1.34. The van der Waals surface area contributed by atoms with Crippen molar-refractivity contribution in [3.63, 3.8) is 0 Å². The average Bonchev–Trinajstić information content (AvgIpc) is 3.27. The molecule has 144 valence electrons. The summed E-state index contributed by atoms with van der Waals surface area (Å²) >= 11 is 0. The van der Waals surface area contributed by atoms with E-state index in [2.05, 4.69) is 40.5 Å². The molecule has 0 radical (unpaired) electrons. The molecule has 0 unspecified atom stereocenters. The molecule has 0 saturated carbocycles. The number of nitrogens with one attached hydrogen (secondary N) is 1. The Bertz CT molecular complexity index is 920. The summed E-state index contributed by atoms with van der Waals surface area (Å²) in [4.78, 5) is 14.8. The Morgan fingerprint density at radius 3 is 2.43 bits per heavy atom. The van der Waals surface area contributed by atoms with Crippen LogP contribution in [0.1, 0.15) is 24.4 Å². The van der Waals surface area contributed by atoms with E-state index in [4.69, 9.17) is 4.74 Å². The first-order chi connectivity index (χ1) is 13.8. The van der Waals surface area contributed by atoms with Crippen molar-refractivity contribution in [3.8, 4) is 5.75 Å². The summed E-state index contributed by atoms with van der Waals surface area (Å²) in [6.45, 7) is 2.80. The molecule has 0 spiro atoms. The van der Waals surface area contributed by atoms with Gasteiger partial charge in [-0.3, -0.25) is 9.69 Å². The van der Waals surface area contributed by atoms with Gasteiger partial charge in [0, 0.05) is 6.54 Å². The van der Waals surface area contributed by atoms with Crippen LogP contribution in [0.2, 0.25) is 0 Å². The molecule has 1 saturated heterocycles. The van der Waals surface area contributed by atoms with Crippen LogP contribution in [-0.2, 0) is 4.79 Å². The number of carbonyl (C=O) groups is 1. The van der Waals surface area contributed by atoms with Crippen molar-refractivity contribution in [1.82, 2.24) is 10.2 Å². The summed E-state index contributed by atoms with van der Waals surface area (Å²) in [7, 11) is 0. The smallest absolute Gasteiger partial charge is 0.258 e. The van der Waals surface area contributed by atoms with Crippen LogP contribution in [0.15, 0.2) is 72.8 Å². The minimum atomic E-state index is -0.0895. The normalized spacial score (nSPS) is 15.4. The van der Waals surface area contributed by atoms with E-state index in [0.717, 1.165) is 23.9 Å². The van der Waals surface area contributed by atoms with E-state index in [0.29, 0.717) is 12.3 Å². The number of amides is 1. The standard InChI is InChI=1S/C24H26N2O2/c27-24(18-28-22-13-12-19-8-4-5-11-21(19)16-22)25-17-23(26-14-6-7-15-26)20-9-2-1-3-10-20/h1-5,8-13,16,23H,6-7,14-15,17-18H2,(H,25,27)/t23-/m0/s1. The second kappa shape index (κ2) is 8.89. The van der Waals surface area contributed by atoms with Crippen LogP contribution in [0.3, 0.4) is 0 Å². The molecule has 3 aromatic carbocycles. The molecule has 3 aromatic rings. The van der Waals surface area contributed by atoms with E-state index in [1.807, 2.05) is 42.5 Å². The lowest BCUT2D eigenvalue weighted by Gasteiger charge is -2.28. The van der Waals surface area contributed by atoms with Gasteiger partial charge >= 0.3 is 0 Å². The highest BCUT2D eigenvalue weighted by molar-refractivity contribution is 5.84. The molecule has 1 heterocycles. The largest absolute Gasteiger partial charge is 0.484 e. The molecular weight excluding hydrogens is 348 g/mol. The van der Waals surface area contributed by atoms with Gasteiger partial charge in [-0.1, -0.05) is 60.7 Å². The molecule has 1 atom stereocenters. The number of benzene rings is 3. The summed E-state index contributed by atoms with van der Waals surface area (Å²) in [5, 5.41) is 5.33. The Morgan fingerprint density at radius 2 is 1.64 bits per heavy atom. The van der Waals surface area contributed by atoms with Gasteiger partial charge in [-0.05, 0) is 54.4 Å². The number of fused-ring (bicyclic) bond motifs is 1. The molecular formula is C24H26N2O2. The summed E-state index contributed by atoms with van der Waals surface area (Å²) in [5.41, 5.74) is 1.25. The molecule has 4 nitrogen and oxygen atoms in total. The molecule has 28 heavy (non-hydrogen) atoms. The number of hydrogen-bond acceptors (Lipinski definition) is 3. The minimum Gasteiger partial charge on any atom is -0.484 e. The van der Waals surface area contributed by atoms with Crippen LogP contribution >= 0.6 is 0 Å². The molecule has 1 N–H and O–H groups in total. The maximum atomic E-state index is 12.4. The van der Waals surface area contributed by atoms with Gasteiger partial charge in [0.25, 0.3) is 5.91 Å². The summed E-state index contributed by atoms with van der Waals surface area (Å²) in [6, 6.07) is 24.7. The van der Waals surface area contributed by atoms with Crippen molar-refractivity contribution in [3.05, 3.63) is 78.4 Å². The quantitative estimate of drug-likeness (QED) is 0.675. The summed E-state index contributed by atoms with van der Waals surface area (Å²) in [5.74, 6) is 0.626. The van der Waals surface area contributed by atoms with Gasteiger partial charge in [0.1, 0.15) is 5.75 Å². The van der Waals surface area contributed by atoms with Gasteiger partial charge in [-0.2, -0.15) is 0 Å². The maximum absolute atomic E-state index is 12.4. The van der Waals surface area contributed by atoms with Crippen LogP contribution in [0, 0.1) is 0 Å². The summed E-state index contributed by atoms with van der Waals surface area (Å²) in [6.07, 6.45) is 2.45. The van der Waals surface area contributed by atoms with Crippen LogP contribution in [-0.4, -0.2) is 37.0 Å². The minimum absolute atomic E-state index is 0.0276. The number of ether oxygens (including phenoxy) is 1. The van der Waals surface area contributed by atoms with Gasteiger partial charge in [0.15, 0.2) is 6.61 Å². The fourth-order valence-electron chi connectivity index (χ4n) is 3.85. The van der Waals surface area contributed by atoms with Crippen LogP contribution in [0.5, 0.6) is 5.75 Å². The number of hydrogen-bond donors (Lipinski definition) is 1. The zero-order valence-electron chi connectivity index (χ0n) is 16.0. The lowest BCUT2D eigenvalue weighted by Crippen LogP contribution is -2.38. The highest BCUT2D eigenvalue weighted by atomic mass is 16.5. The molecule has 0 aromatic heterocycles. The third-order valence-electron chi connectivity index (χ3n) is 5.35. The fraction of sp³-hybridized carbons (Fsp3) is 0.292. The predicted octanol–water partition coefficient (Wildman–Crippen LogP) is 4.17. The molecule has 0 aliphatic carbocycles. The lowest BCUT2D eigenvalue weighted by atomic mass is 10.1. The fourth-order valence-corrected chi connectivity index (χ4v) is 3.85. The third-order valence-corrected chi connectivity index (χ3v) is 5.35. The van der Waals surface area contributed by atoms with Crippen LogP contribution in [0.25, 0.3) is 10.8 Å². The number of rotatable bonds is 7. The van der Waals surface area contributed by atoms with Crippen molar-refractivity contribution in [1.29, 1.82) is 0 Å². The Labute approximate surface area is 166 Å². The monoisotopic (exact) mass is 374 g/mol. The lowest BCUT2D eigenvalue weighted by molar-refractivity contribution is -0.123. The van der Waals surface area contributed by atoms with E-state index < -0.39 is 0 Å². The first-order valence-corrected chi connectivity index (χ1v) is 9.97. The highest BCUT2D eigenvalue weighted by Crippen LogP contribution is 2.24. The molecule has 4 heteroatoms. The number of carbonyl (C=O) groups excluding carboxylic acids is 1.